The van der Waals surface area contributed by atoms with Gasteiger partial charge in [0, 0.05) is 17.8 Å². The van der Waals surface area contributed by atoms with E-state index in [0.29, 0.717) is 18.7 Å². The standard InChI is InChI=1S/C14H18N2O3S/c1-14(18,8-11-4-2-6-19-11)10-16-13(17)15-9-12-5-3-7-20-12/h2-7,18H,8-10H2,1H3,(H2,15,16,17)/t14-/m1/s1. The van der Waals surface area contributed by atoms with E-state index in [1.54, 1.807) is 36.7 Å². The zero-order valence-electron chi connectivity index (χ0n) is 11.3. The summed E-state index contributed by atoms with van der Waals surface area (Å²) in [5, 5.41) is 17.6. The van der Waals surface area contributed by atoms with Crippen molar-refractivity contribution in [3.05, 3.63) is 46.5 Å². The van der Waals surface area contributed by atoms with Gasteiger partial charge < -0.3 is 20.2 Å². The van der Waals surface area contributed by atoms with Gasteiger partial charge in [-0.05, 0) is 30.5 Å². The Hall–Kier alpha value is -1.79. The second-order valence-electron chi connectivity index (χ2n) is 4.87. The lowest BCUT2D eigenvalue weighted by Gasteiger charge is -2.22. The fourth-order valence-corrected chi connectivity index (χ4v) is 2.41. The third kappa shape index (κ3) is 4.71. The molecule has 0 fully saturated rings. The maximum absolute atomic E-state index is 11.6. The van der Waals surface area contributed by atoms with Crippen LogP contribution in [0.3, 0.4) is 0 Å². The Morgan fingerprint density at radius 2 is 2.25 bits per heavy atom. The van der Waals surface area contributed by atoms with Crippen LogP contribution in [0.25, 0.3) is 0 Å². The van der Waals surface area contributed by atoms with E-state index in [1.807, 2.05) is 17.5 Å². The SMILES string of the molecule is C[C@](O)(CNC(=O)NCc1cccs1)Cc1ccco1. The van der Waals surface area contributed by atoms with Crippen LogP contribution in [-0.2, 0) is 13.0 Å². The third-order valence-electron chi connectivity index (χ3n) is 2.77. The Labute approximate surface area is 121 Å². The number of rotatable bonds is 6. The summed E-state index contributed by atoms with van der Waals surface area (Å²) < 4.78 is 5.19. The second-order valence-corrected chi connectivity index (χ2v) is 5.90. The summed E-state index contributed by atoms with van der Waals surface area (Å²) in [7, 11) is 0. The molecule has 0 radical (unpaired) electrons. The molecule has 3 N–H and O–H groups in total. The monoisotopic (exact) mass is 294 g/mol. The van der Waals surface area contributed by atoms with Gasteiger partial charge in [-0.2, -0.15) is 0 Å². The molecule has 2 aromatic rings. The first-order valence-electron chi connectivity index (χ1n) is 6.34. The molecule has 6 heteroatoms. The van der Waals surface area contributed by atoms with Crippen molar-refractivity contribution in [1.29, 1.82) is 0 Å². The summed E-state index contributed by atoms with van der Waals surface area (Å²) in [6.45, 7) is 2.31. The molecule has 0 saturated carbocycles. The van der Waals surface area contributed by atoms with Gasteiger partial charge in [0.2, 0.25) is 0 Å². The van der Waals surface area contributed by atoms with Gasteiger partial charge in [0.1, 0.15) is 5.76 Å². The average Bonchev–Trinajstić information content (AvgIpc) is 3.06. The van der Waals surface area contributed by atoms with Gasteiger partial charge in [0.15, 0.2) is 0 Å². The van der Waals surface area contributed by atoms with Crippen molar-refractivity contribution in [3.63, 3.8) is 0 Å². The van der Waals surface area contributed by atoms with Crippen molar-refractivity contribution in [3.8, 4) is 0 Å². The molecular weight excluding hydrogens is 276 g/mol. The van der Waals surface area contributed by atoms with E-state index < -0.39 is 5.60 Å². The minimum absolute atomic E-state index is 0.157. The number of hydrogen-bond donors (Lipinski definition) is 3. The number of furan rings is 1. The molecule has 2 rings (SSSR count). The third-order valence-corrected chi connectivity index (χ3v) is 3.64. The Bertz CT molecular complexity index is 521. The van der Waals surface area contributed by atoms with Crippen molar-refractivity contribution < 1.29 is 14.3 Å². The Balaban J connectivity index is 1.71. The second kappa shape index (κ2) is 6.58. The highest BCUT2D eigenvalue weighted by atomic mass is 32.1. The summed E-state index contributed by atoms with van der Waals surface area (Å²) in [6.07, 6.45) is 1.91. The van der Waals surface area contributed by atoms with Crippen molar-refractivity contribution in [2.45, 2.75) is 25.5 Å². The summed E-state index contributed by atoms with van der Waals surface area (Å²) in [5.41, 5.74) is -1.04. The van der Waals surface area contributed by atoms with Crippen molar-refractivity contribution >= 4 is 17.4 Å². The number of thiophene rings is 1. The number of nitrogens with one attached hydrogen (secondary N) is 2. The van der Waals surface area contributed by atoms with Crippen molar-refractivity contribution in [1.82, 2.24) is 10.6 Å². The number of urea groups is 1. The van der Waals surface area contributed by atoms with E-state index in [9.17, 15) is 9.90 Å². The molecule has 0 aliphatic rings. The fraction of sp³-hybridized carbons (Fsp3) is 0.357. The number of hydrogen-bond acceptors (Lipinski definition) is 4. The molecule has 0 saturated heterocycles. The lowest BCUT2D eigenvalue weighted by atomic mass is 10.0. The van der Waals surface area contributed by atoms with E-state index in [1.165, 1.54) is 0 Å². The molecule has 2 heterocycles. The largest absolute Gasteiger partial charge is 0.469 e. The minimum Gasteiger partial charge on any atom is -0.469 e. The van der Waals surface area contributed by atoms with Crippen molar-refractivity contribution in [2.24, 2.45) is 0 Å². The van der Waals surface area contributed by atoms with Crippen LogP contribution in [0, 0.1) is 0 Å². The smallest absolute Gasteiger partial charge is 0.315 e. The lowest BCUT2D eigenvalue weighted by molar-refractivity contribution is 0.0571. The maximum Gasteiger partial charge on any atom is 0.315 e. The molecule has 20 heavy (non-hydrogen) atoms. The lowest BCUT2D eigenvalue weighted by Crippen LogP contribution is -2.45. The van der Waals surface area contributed by atoms with Crippen LogP contribution >= 0.6 is 11.3 Å². The zero-order chi connectivity index (χ0) is 14.4. The number of carbonyl (C=O) groups is 1. The van der Waals surface area contributed by atoms with Crippen LogP contribution in [0.1, 0.15) is 17.6 Å². The predicted molar refractivity (Wildman–Crippen MR) is 77.6 cm³/mol. The minimum atomic E-state index is -1.04. The van der Waals surface area contributed by atoms with Gasteiger partial charge in [0.05, 0.1) is 18.4 Å². The maximum atomic E-state index is 11.6. The van der Waals surface area contributed by atoms with Gasteiger partial charge in [-0.15, -0.1) is 11.3 Å². The summed E-state index contributed by atoms with van der Waals surface area (Å²) in [6, 6.07) is 7.17. The van der Waals surface area contributed by atoms with E-state index in [2.05, 4.69) is 10.6 Å². The van der Waals surface area contributed by atoms with Gasteiger partial charge in [0.25, 0.3) is 0 Å². The quantitative estimate of drug-likeness (QED) is 0.764. The van der Waals surface area contributed by atoms with Gasteiger partial charge in [-0.1, -0.05) is 6.07 Å². The molecule has 108 valence electrons. The van der Waals surface area contributed by atoms with Crippen LogP contribution in [0.4, 0.5) is 4.79 Å². The molecule has 5 nitrogen and oxygen atoms in total. The molecule has 0 spiro atoms. The average molecular weight is 294 g/mol. The molecule has 2 aromatic heterocycles. The normalized spacial score (nSPS) is 13.7. The highest BCUT2D eigenvalue weighted by Gasteiger charge is 2.23. The highest BCUT2D eigenvalue weighted by molar-refractivity contribution is 7.09. The molecule has 0 aliphatic heterocycles. The molecule has 1 atom stereocenters. The van der Waals surface area contributed by atoms with E-state index in [4.69, 9.17) is 4.42 Å². The first kappa shape index (κ1) is 14.6. The Kier molecular flexibility index (Phi) is 4.81. The van der Waals surface area contributed by atoms with Crippen LogP contribution in [0.2, 0.25) is 0 Å². The number of amides is 2. The van der Waals surface area contributed by atoms with Crippen LogP contribution in [0.5, 0.6) is 0 Å². The van der Waals surface area contributed by atoms with Crippen LogP contribution < -0.4 is 10.6 Å². The van der Waals surface area contributed by atoms with Crippen LogP contribution in [-0.4, -0.2) is 23.3 Å². The van der Waals surface area contributed by atoms with Gasteiger partial charge in [-0.3, -0.25) is 0 Å². The highest BCUT2D eigenvalue weighted by Crippen LogP contribution is 2.12. The summed E-state index contributed by atoms with van der Waals surface area (Å²) in [4.78, 5) is 12.7. The summed E-state index contributed by atoms with van der Waals surface area (Å²) in [5.74, 6) is 0.691. The molecule has 2 amide bonds. The molecular formula is C14H18N2O3S. The molecule has 0 bridgehead atoms. The first-order chi connectivity index (χ1) is 9.55. The van der Waals surface area contributed by atoms with Gasteiger partial charge in [-0.25, -0.2) is 4.79 Å². The fourth-order valence-electron chi connectivity index (χ4n) is 1.76. The zero-order valence-corrected chi connectivity index (χ0v) is 12.1. The van der Waals surface area contributed by atoms with Crippen LogP contribution in [0.15, 0.2) is 40.3 Å². The van der Waals surface area contributed by atoms with Gasteiger partial charge >= 0.3 is 6.03 Å². The predicted octanol–water partition coefficient (Wildman–Crippen LogP) is 2.13. The number of carbonyl (C=O) groups excluding carboxylic acids is 1. The topological polar surface area (TPSA) is 74.5 Å². The Morgan fingerprint density at radius 3 is 2.90 bits per heavy atom. The molecule has 0 aromatic carbocycles. The first-order valence-corrected chi connectivity index (χ1v) is 7.22. The van der Waals surface area contributed by atoms with Crippen molar-refractivity contribution in [2.75, 3.05) is 6.54 Å². The van der Waals surface area contributed by atoms with E-state index in [0.717, 1.165) is 4.88 Å². The van der Waals surface area contributed by atoms with E-state index in [-0.39, 0.29) is 12.6 Å². The molecule has 0 unspecified atom stereocenters. The van der Waals surface area contributed by atoms with E-state index >= 15 is 0 Å². The number of aliphatic hydroxyl groups is 1. The molecule has 0 aliphatic carbocycles. The Morgan fingerprint density at radius 1 is 1.40 bits per heavy atom. The summed E-state index contributed by atoms with van der Waals surface area (Å²) >= 11 is 1.59.